The van der Waals surface area contributed by atoms with E-state index < -0.39 is 5.97 Å². The zero-order valence-electron chi connectivity index (χ0n) is 10.7. The number of carboxylic acids is 1. The molecule has 0 bridgehead atoms. The molecule has 7 heteroatoms. The second kappa shape index (κ2) is 9.32. The van der Waals surface area contributed by atoms with Crippen LogP contribution < -0.4 is 10.6 Å². The molecule has 0 aliphatic carbocycles. The van der Waals surface area contributed by atoms with Gasteiger partial charge in [-0.1, -0.05) is 12.8 Å². The van der Waals surface area contributed by atoms with Gasteiger partial charge >= 0.3 is 12.0 Å². The quantitative estimate of drug-likeness (QED) is 0.605. The minimum absolute atomic E-state index is 0.194. The van der Waals surface area contributed by atoms with Crippen molar-refractivity contribution in [1.82, 2.24) is 15.6 Å². The molecule has 1 aromatic rings. The van der Waals surface area contributed by atoms with Crippen molar-refractivity contribution >= 4 is 23.3 Å². The lowest BCUT2D eigenvalue weighted by atomic mass is 10.1. The number of thiazole rings is 1. The second-order valence-corrected chi connectivity index (χ2v) is 5.07. The number of amides is 2. The summed E-state index contributed by atoms with van der Waals surface area (Å²) in [6, 6.07) is -0.194. The van der Waals surface area contributed by atoms with Gasteiger partial charge in [0.1, 0.15) is 5.01 Å². The van der Waals surface area contributed by atoms with Gasteiger partial charge in [0.15, 0.2) is 0 Å². The molecule has 0 aliphatic rings. The fourth-order valence-electron chi connectivity index (χ4n) is 1.52. The highest BCUT2D eigenvalue weighted by Crippen LogP contribution is 2.03. The first kappa shape index (κ1) is 15.4. The molecule has 0 atom stereocenters. The van der Waals surface area contributed by atoms with Gasteiger partial charge in [0.2, 0.25) is 0 Å². The average molecular weight is 285 g/mol. The molecule has 0 spiro atoms. The summed E-state index contributed by atoms with van der Waals surface area (Å²) >= 11 is 1.50. The van der Waals surface area contributed by atoms with Crippen molar-refractivity contribution in [2.24, 2.45) is 0 Å². The van der Waals surface area contributed by atoms with Gasteiger partial charge < -0.3 is 15.7 Å². The minimum Gasteiger partial charge on any atom is -0.481 e. The molecule has 1 heterocycles. The van der Waals surface area contributed by atoms with Crippen molar-refractivity contribution in [3.63, 3.8) is 0 Å². The third-order valence-electron chi connectivity index (χ3n) is 2.49. The molecule has 0 radical (unpaired) electrons. The second-order valence-electron chi connectivity index (χ2n) is 4.09. The van der Waals surface area contributed by atoms with Crippen molar-refractivity contribution in [2.75, 3.05) is 6.54 Å². The summed E-state index contributed by atoms with van der Waals surface area (Å²) in [5.41, 5.74) is 0. The number of unbranched alkanes of at least 4 members (excludes halogenated alkanes) is 3. The molecule has 19 heavy (non-hydrogen) atoms. The van der Waals surface area contributed by atoms with Crippen LogP contribution in [0.3, 0.4) is 0 Å². The summed E-state index contributed by atoms with van der Waals surface area (Å²) in [5.74, 6) is -0.750. The van der Waals surface area contributed by atoms with Gasteiger partial charge in [0.25, 0.3) is 0 Å². The first-order valence-corrected chi connectivity index (χ1v) is 7.18. The minimum atomic E-state index is -0.750. The molecule has 0 aliphatic heterocycles. The Morgan fingerprint density at radius 3 is 2.68 bits per heavy atom. The van der Waals surface area contributed by atoms with Crippen molar-refractivity contribution in [3.05, 3.63) is 16.6 Å². The van der Waals surface area contributed by atoms with Crippen LogP contribution in [0.15, 0.2) is 11.6 Å². The van der Waals surface area contributed by atoms with Gasteiger partial charge in [-0.15, -0.1) is 11.3 Å². The summed E-state index contributed by atoms with van der Waals surface area (Å²) in [6.07, 6.45) is 5.31. The van der Waals surface area contributed by atoms with Gasteiger partial charge in [-0.2, -0.15) is 0 Å². The topological polar surface area (TPSA) is 91.3 Å². The van der Waals surface area contributed by atoms with Gasteiger partial charge in [-0.05, 0) is 12.8 Å². The van der Waals surface area contributed by atoms with Crippen LogP contribution in [-0.2, 0) is 11.3 Å². The predicted molar refractivity (Wildman–Crippen MR) is 73.1 cm³/mol. The number of hydrogen-bond acceptors (Lipinski definition) is 4. The van der Waals surface area contributed by atoms with E-state index in [-0.39, 0.29) is 12.5 Å². The summed E-state index contributed by atoms with van der Waals surface area (Å²) in [6.45, 7) is 1.05. The van der Waals surface area contributed by atoms with E-state index in [4.69, 9.17) is 5.11 Å². The predicted octanol–water partition coefficient (Wildman–Crippen LogP) is 1.98. The molecule has 3 N–H and O–H groups in total. The van der Waals surface area contributed by atoms with E-state index in [1.54, 1.807) is 6.20 Å². The molecule has 6 nitrogen and oxygen atoms in total. The first-order chi connectivity index (χ1) is 9.18. The zero-order chi connectivity index (χ0) is 13.9. The molecule has 0 unspecified atom stereocenters. The van der Waals surface area contributed by atoms with E-state index in [0.29, 0.717) is 19.5 Å². The SMILES string of the molecule is O=C(O)CCCCCCNC(=O)NCc1nccs1. The normalized spacial score (nSPS) is 10.1. The smallest absolute Gasteiger partial charge is 0.315 e. The number of carbonyl (C=O) groups is 2. The molecule has 1 rings (SSSR count). The maximum Gasteiger partial charge on any atom is 0.315 e. The largest absolute Gasteiger partial charge is 0.481 e. The Balaban J connectivity index is 1.91. The number of carboxylic acid groups (broad SMARTS) is 1. The lowest BCUT2D eigenvalue weighted by Crippen LogP contribution is -2.35. The monoisotopic (exact) mass is 285 g/mol. The van der Waals surface area contributed by atoms with Gasteiger partial charge in [-0.3, -0.25) is 4.79 Å². The molecule has 0 saturated carbocycles. The zero-order valence-corrected chi connectivity index (χ0v) is 11.5. The van der Waals surface area contributed by atoms with E-state index in [1.807, 2.05) is 5.38 Å². The maximum atomic E-state index is 11.4. The van der Waals surface area contributed by atoms with Crippen LogP contribution in [0.4, 0.5) is 4.79 Å². The Labute approximate surface area is 116 Å². The van der Waals surface area contributed by atoms with Gasteiger partial charge in [-0.25, -0.2) is 9.78 Å². The molecule has 2 amide bonds. The van der Waals surface area contributed by atoms with Crippen molar-refractivity contribution in [3.8, 4) is 0 Å². The highest BCUT2D eigenvalue weighted by Gasteiger charge is 2.01. The maximum absolute atomic E-state index is 11.4. The Bertz CT molecular complexity index is 382. The Hall–Kier alpha value is -1.63. The van der Waals surface area contributed by atoms with Gasteiger partial charge in [0, 0.05) is 24.5 Å². The number of nitrogens with one attached hydrogen (secondary N) is 2. The fourth-order valence-corrected chi connectivity index (χ4v) is 2.07. The number of urea groups is 1. The Morgan fingerprint density at radius 2 is 2.00 bits per heavy atom. The number of aliphatic carboxylic acids is 1. The highest BCUT2D eigenvalue weighted by atomic mass is 32.1. The number of aromatic nitrogens is 1. The third kappa shape index (κ3) is 8.15. The van der Waals surface area contributed by atoms with E-state index in [1.165, 1.54) is 11.3 Å². The Kier molecular flexibility index (Phi) is 7.57. The van der Waals surface area contributed by atoms with Crippen molar-refractivity contribution < 1.29 is 14.7 Å². The van der Waals surface area contributed by atoms with Crippen LogP contribution in [0.5, 0.6) is 0 Å². The van der Waals surface area contributed by atoms with E-state index in [9.17, 15) is 9.59 Å². The van der Waals surface area contributed by atoms with E-state index in [0.717, 1.165) is 24.3 Å². The van der Waals surface area contributed by atoms with Gasteiger partial charge in [0.05, 0.1) is 6.54 Å². The lowest BCUT2D eigenvalue weighted by molar-refractivity contribution is -0.137. The molecular formula is C12H19N3O3S. The third-order valence-corrected chi connectivity index (χ3v) is 3.27. The average Bonchev–Trinajstić information content (AvgIpc) is 2.88. The summed E-state index contributed by atoms with van der Waals surface area (Å²) < 4.78 is 0. The van der Waals surface area contributed by atoms with Crippen LogP contribution >= 0.6 is 11.3 Å². The molecule has 0 fully saturated rings. The molecule has 106 valence electrons. The summed E-state index contributed by atoms with van der Waals surface area (Å²) in [4.78, 5) is 25.7. The van der Waals surface area contributed by atoms with E-state index in [2.05, 4.69) is 15.6 Å². The van der Waals surface area contributed by atoms with Crippen molar-refractivity contribution in [1.29, 1.82) is 0 Å². The molecule has 1 aromatic heterocycles. The van der Waals surface area contributed by atoms with Crippen LogP contribution in [0, 0.1) is 0 Å². The van der Waals surface area contributed by atoms with E-state index >= 15 is 0 Å². The number of nitrogens with zero attached hydrogens (tertiary/aromatic N) is 1. The highest BCUT2D eigenvalue weighted by molar-refractivity contribution is 7.09. The molecular weight excluding hydrogens is 266 g/mol. The number of carbonyl (C=O) groups excluding carboxylic acids is 1. The van der Waals surface area contributed by atoms with Crippen LogP contribution in [-0.4, -0.2) is 28.6 Å². The number of hydrogen-bond donors (Lipinski definition) is 3. The summed E-state index contributed by atoms with van der Waals surface area (Å²) in [5, 5.41) is 16.7. The van der Waals surface area contributed by atoms with Crippen LogP contribution in [0.2, 0.25) is 0 Å². The molecule has 0 saturated heterocycles. The lowest BCUT2D eigenvalue weighted by Gasteiger charge is -2.06. The summed E-state index contributed by atoms with van der Waals surface area (Å²) in [7, 11) is 0. The number of rotatable bonds is 9. The fraction of sp³-hybridized carbons (Fsp3) is 0.583. The molecule has 0 aromatic carbocycles. The van der Waals surface area contributed by atoms with Crippen molar-refractivity contribution in [2.45, 2.75) is 38.6 Å². The standard InChI is InChI=1S/C12H19N3O3S/c16-11(17)5-3-1-2-4-6-14-12(18)15-9-10-13-7-8-19-10/h7-8H,1-6,9H2,(H,16,17)(H2,14,15,18). The van der Waals surface area contributed by atoms with Crippen LogP contribution in [0.25, 0.3) is 0 Å². The Morgan fingerprint density at radius 1 is 1.21 bits per heavy atom. The first-order valence-electron chi connectivity index (χ1n) is 6.30. The van der Waals surface area contributed by atoms with Crippen LogP contribution in [0.1, 0.15) is 37.1 Å².